The lowest BCUT2D eigenvalue weighted by molar-refractivity contribution is -0.384. The molecule has 59 heavy (non-hydrogen) atoms. The van der Waals surface area contributed by atoms with E-state index >= 15 is 0 Å². The maximum absolute atomic E-state index is 13.4. The zero-order valence-corrected chi connectivity index (χ0v) is 34.8. The fourth-order valence-electron chi connectivity index (χ4n) is 7.14. The highest BCUT2D eigenvalue weighted by Crippen LogP contribution is 2.31. The Labute approximate surface area is 353 Å². The van der Waals surface area contributed by atoms with Crippen LogP contribution in [0, 0.1) is 10.1 Å². The number of piperazine rings is 1. The number of nitro benzene ring substituents is 1. The summed E-state index contributed by atoms with van der Waals surface area (Å²) in [7, 11) is -4.47. The first-order valence-corrected chi connectivity index (χ1v) is 22.3. The van der Waals surface area contributed by atoms with Gasteiger partial charge in [0.2, 0.25) is 0 Å². The molecule has 0 spiro atoms. The molecule has 3 heterocycles. The molecule has 2 aliphatic heterocycles. The number of ether oxygens (including phenoxy) is 1. The molecule has 0 aliphatic carbocycles. The summed E-state index contributed by atoms with van der Waals surface area (Å²) in [6.45, 7) is 7.59. The van der Waals surface area contributed by atoms with Gasteiger partial charge in [-0.2, -0.15) is 0 Å². The molecule has 308 valence electrons. The van der Waals surface area contributed by atoms with Crippen molar-refractivity contribution in [3.05, 3.63) is 142 Å². The number of rotatable bonds is 16. The number of pyridine rings is 1. The van der Waals surface area contributed by atoms with E-state index in [0.29, 0.717) is 36.2 Å². The number of nitro groups is 1. The molecule has 4 aromatic carbocycles. The minimum Gasteiger partial charge on any atom is -0.379 e. The minimum atomic E-state index is -4.47. The van der Waals surface area contributed by atoms with E-state index in [9.17, 15) is 23.3 Å². The van der Waals surface area contributed by atoms with Gasteiger partial charge in [0.1, 0.15) is 11.5 Å². The summed E-state index contributed by atoms with van der Waals surface area (Å²) in [5.74, 6) is 0.417. The molecular formula is C43H46ClN7O6S2. The number of amides is 1. The Morgan fingerprint density at radius 3 is 2.32 bits per heavy atom. The van der Waals surface area contributed by atoms with Crippen LogP contribution in [-0.4, -0.2) is 105 Å². The maximum Gasteiger partial charge on any atom is 0.293 e. The number of benzene rings is 4. The van der Waals surface area contributed by atoms with Crippen LogP contribution in [0.2, 0.25) is 5.02 Å². The van der Waals surface area contributed by atoms with Crippen LogP contribution in [0.4, 0.5) is 17.2 Å². The summed E-state index contributed by atoms with van der Waals surface area (Å²) in [6, 6.07) is 32.8. The molecule has 0 bridgehead atoms. The molecule has 5 aromatic rings. The number of nitrogens with zero attached hydrogens (tertiary/aromatic N) is 5. The molecule has 1 aromatic heterocycles. The van der Waals surface area contributed by atoms with Crippen molar-refractivity contribution in [3.63, 3.8) is 0 Å². The van der Waals surface area contributed by atoms with Crippen molar-refractivity contribution in [1.29, 1.82) is 0 Å². The van der Waals surface area contributed by atoms with Crippen LogP contribution in [-0.2, 0) is 21.3 Å². The fourth-order valence-corrected chi connectivity index (χ4v) is 9.25. The molecule has 0 saturated carbocycles. The van der Waals surface area contributed by atoms with Gasteiger partial charge in [-0.25, -0.2) is 18.1 Å². The van der Waals surface area contributed by atoms with Gasteiger partial charge in [0.25, 0.3) is 21.6 Å². The van der Waals surface area contributed by atoms with Crippen LogP contribution in [0.3, 0.4) is 0 Å². The predicted octanol–water partition coefficient (Wildman–Crippen LogP) is 7.05. The van der Waals surface area contributed by atoms with Crippen LogP contribution in [0.5, 0.6) is 0 Å². The second-order valence-corrected chi connectivity index (χ2v) is 17.6. The average molecular weight is 856 g/mol. The Bertz CT molecular complexity index is 2310. The van der Waals surface area contributed by atoms with Crippen molar-refractivity contribution in [3.8, 4) is 11.1 Å². The lowest BCUT2D eigenvalue weighted by Crippen LogP contribution is -2.46. The molecule has 2 N–H and O–H groups in total. The zero-order chi connectivity index (χ0) is 41.2. The summed E-state index contributed by atoms with van der Waals surface area (Å²) in [5.41, 5.74) is 3.35. The minimum absolute atomic E-state index is 0.0431. The topological polar surface area (TPSA) is 150 Å². The Hall–Kier alpha value is -5.03. The largest absolute Gasteiger partial charge is 0.379 e. The first-order chi connectivity index (χ1) is 28.6. The van der Waals surface area contributed by atoms with E-state index in [-0.39, 0.29) is 17.3 Å². The van der Waals surface area contributed by atoms with Gasteiger partial charge in [-0.05, 0) is 71.6 Å². The van der Waals surface area contributed by atoms with Crippen LogP contribution in [0.15, 0.2) is 125 Å². The Morgan fingerprint density at radius 2 is 1.61 bits per heavy atom. The smallest absolute Gasteiger partial charge is 0.293 e. The third-order valence-electron chi connectivity index (χ3n) is 10.4. The van der Waals surface area contributed by atoms with Gasteiger partial charge in [0.15, 0.2) is 0 Å². The molecule has 0 unspecified atom stereocenters. The highest BCUT2D eigenvalue weighted by Gasteiger charge is 2.26. The summed E-state index contributed by atoms with van der Waals surface area (Å²) in [5, 5.41) is 16.3. The molecule has 2 aliphatic rings. The molecule has 16 heteroatoms. The monoisotopic (exact) mass is 855 g/mol. The molecule has 1 atom stereocenters. The zero-order valence-electron chi connectivity index (χ0n) is 32.4. The number of sulfonamides is 1. The van der Waals surface area contributed by atoms with Gasteiger partial charge in [-0.15, -0.1) is 11.8 Å². The quantitative estimate of drug-likeness (QED) is 0.0595. The number of hydrogen-bond acceptors (Lipinski definition) is 12. The number of aromatic nitrogens is 1. The number of morpholine rings is 1. The number of anilines is 2. The van der Waals surface area contributed by atoms with Crippen molar-refractivity contribution in [2.75, 3.05) is 75.0 Å². The Morgan fingerprint density at radius 1 is 0.881 bits per heavy atom. The van der Waals surface area contributed by atoms with Gasteiger partial charge in [0, 0.05) is 86.3 Å². The van der Waals surface area contributed by atoms with E-state index in [2.05, 4.69) is 41.9 Å². The van der Waals surface area contributed by atoms with Gasteiger partial charge >= 0.3 is 0 Å². The molecule has 2 saturated heterocycles. The number of carbonyl (C=O) groups is 1. The van der Waals surface area contributed by atoms with Crippen LogP contribution >= 0.6 is 23.4 Å². The van der Waals surface area contributed by atoms with Crippen molar-refractivity contribution in [2.45, 2.75) is 28.8 Å². The highest BCUT2D eigenvalue weighted by molar-refractivity contribution is 7.99. The van der Waals surface area contributed by atoms with Crippen LogP contribution in [0.1, 0.15) is 22.3 Å². The lowest BCUT2D eigenvalue weighted by atomic mass is 9.99. The number of thioether (sulfide) groups is 1. The second kappa shape index (κ2) is 19.8. The fraction of sp³-hybridized carbons (Fsp3) is 0.302. The molecule has 7 rings (SSSR count). The second-order valence-electron chi connectivity index (χ2n) is 14.4. The summed E-state index contributed by atoms with van der Waals surface area (Å²) in [4.78, 5) is 36.8. The molecule has 13 nitrogen and oxygen atoms in total. The maximum atomic E-state index is 13.4. The van der Waals surface area contributed by atoms with Gasteiger partial charge in [-0.1, -0.05) is 66.2 Å². The first kappa shape index (κ1) is 42.1. The van der Waals surface area contributed by atoms with E-state index in [1.165, 1.54) is 35.5 Å². The van der Waals surface area contributed by atoms with Crippen molar-refractivity contribution in [2.24, 2.45) is 0 Å². The summed E-state index contributed by atoms with van der Waals surface area (Å²) in [6.07, 6.45) is 2.05. The SMILES string of the molecule is O=C(NS(=O)(=O)c1ccc(N[C@H](CCN2CCOCC2)CSc2ccccc2)c([N+](=O)[O-])c1)c1ccc(N2CCN(Cc3ccccc3-c3ccc(Cl)cc3)CC2)nc1. The summed E-state index contributed by atoms with van der Waals surface area (Å²) >= 11 is 7.75. The Kier molecular flexibility index (Phi) is 14.1. The molecular weight excluding hydrogens is 810 g/mol. The average Bonchev–Trinajstić information content (AvgIpc) is 3.26. The van der Waals surface area contributed by atoms with E-state index in [4.69, 9.17) is 16.3 Å². The van der Waals surface area contributed by atoms with Crippen molar-refractivity contribution in [1.82, 2.24) is 19.5 Å². The third kappa shape index (κ3) is 11.4. The molecule has 1 amide bonds. The van der Waals surface area contributed by atoms with E-state index < -0.39 is 31.4 Å². The number of halogens is 1. The number of carbonyl (C=O) groups excluding carboxylic acids is 1. The van der Waals surface area contributed by atoms with Crippen LogP contribution < -0.4 is 14.9 Å². The Balaban J connectivity index is 0.958. The van der Waals surface area contributed by atoms with Gasteiger partial charge in [0.05, 0.1) is 28.6 Å². The standard InChI is InChI=1S/C43H46ClN7O6S2/c44-35-13-10-32(11-14-35)39-9-5-4-6-34(39)30-49-20-22-50(23-21-49)42-17-12-33(29-45-42)43(52)47-59(55,56)38-15-16-40(41(28-38)51(53)54)46-36(18-19-48-24-26-57-27-25-48)31-58-37-7-2-1-3-8-37/h1-17,28-29,36,46H,18-27,30-31H2,(H,47,52)/t36-/m1/s1. The molecule has 0 radical (unpaired) electrons. The van der Waals surface area contributed by atoms with Crippen molar-refractivity contribution < 1.29 is 22.9 Å². The van der Waals surface area contributed by atoms with Gasteiger partial charge in [-0.3, -0.25) is 24.7 Å². The van der Waals surface area contributed by atoms with E-state index in [0.717, 1.165) is 68.9 Å². The first-order valence-electron chi connectivity index (χ1n) is 19.5. The summed E-state index contributed by atoms with van der Waals surface area (Å²) < 4.78 is 34.4. The number of nitrogens with one attached hydrogen (secondary N) is 2. The number of hydrogen-bond donors (Lipinski definition) is 2. The normalized spacial score (nSPS) is 15.7. The predicted molar refractivity (Wildman–Crippen MR) is 233 cm³/mol. The third-order valence-corrected chi connectivity index (χ3v) is 13.2. The highest BCUT2D eigenvalue weighted by atomic mass is 35.5. The molecule has 2 fully saturated rings. The van der Waals surface area contributed by atoms with Crippen molar-refractivity contribution >= 4 is 56.5 Å². The van der Waals surface area contributed by atoms with Gasteiger partial charge < -0.3 is 15.0 Å². The van der Waals surface area contributed by atoms with Crippen LogP contribution in [0.25, 0.3) is 11.1 Å². The van der Waals surface area contributed by atoms with E-state index in [1.807, 2.05) is 66.7 Å². The van der Waals surface area contributed by atoms with E-state index in [1.54, 1.807) is 17.8 Å². The lowest BCUT2D eigenvalue weighted by Gasteiger charge is -2.35.